The van der Waals surface area contributed by atoms with E-state index in [4.69, 9.17) is 11.0 Å². The van der Waals surface area contributed by atoms with Crippen LogP contribution in [0.4, 0.5) is 5.82 Å². The van der Waals surface area contributed by atoms with Gasteiger partial charge in [-0.05, 0) is 24.3 Å². The zero-order valence-electron chi connectivity index (χ0n) is 7.88. The third-order valence-electron chi connectivity index (χ3n) is 2.02. The molecule has 2 heterocycles. The molecular weight excluding hydrogens is 188 g/mol. The van der Waals surface area contributed by atoms with Gasteiger partial charge in [-0.2, -0.15) is 5.26 Å². The standard InChI is InChI=1S/C11H8N4/c12-7-9-1-2-10(15-11(9)13)8-3-5-14-6-4-8/h1-6H,(H2,13,15). The van der Waals surface area contributed by atoms with Crippen LogP contribution in [-0.2, 0) is 0 Å². The SMILES string of the molecule is N#Cc1ccc(-c2ccncc2)nc1N. The van der Waals surface area contributed by atoms with E-state index in [1.165, 1.54) is 0 Å². The second-order valence-corrected chi connectivity index (χ2v) is 2.98. The minimum absolute atomic E-state index is 0.256. The van der Waals surface area contributed by atoms with Gasteiger partial charge in [0.1, 0.15) is 11.9 Å². The maximum Gasteiger partial charge on any atom is 0.142 e. The molecule has 0 saturated heterocycles. The van der Waals surface area contributed by atoms with Gasteiger partial charge in [-0.1, -0.05) is 0 Å². The molecule has 0 saturated carbocycles. The van der Waals surface area contributed by atoms with Gasteiger partial charge < -0.3 is 5.73 Å². The van der Waals surface area contributed by atoms with Gasteiger partial charge in [0, 0.05) is 18.0 Å². The molecule has 2 rings (SSSR count). The van der Waals surface area contributed by atoms with Gasteiger partial charge >= 0.3 is 0 Å². The average Bonchev–Trinajstić information content (AvgIpc) is 2.30. The number of hydrogen-bond acceptors (Lipinski definition) is 4. The fourth-order valence-corrected chi connectivity index (χ4v) is 1.25. The van der Waals surface area contributed by atoms with Crippen molar-refractivity contribution in [2.24, 2.45) is 0 Å². The first-order valence-electron chi connectivity index (χ1n) is 4.38. The van der Waals surface area contributed by atoms with Crippen LogP contribution in [0.15, 0.2) is 36.7 Å². The summed E-state index contributed by atoms with van der Waals surface area (Å²) in [6, 6.07) is 9.09. The van der Waals surface area contributed by atoms with Crippen molar-refractivity contribution in [3.05, 3.63) is 42.2 Å². The van der Waals surface area contributed by atoms with Crippen LogP contribution in [0.3, 0.4) is 0 Å². The van der Waals surface area contributed by atoms with E-state index < -0.39 is 0 Å². The van der Waals surface area contributed by atoms with Crippen molar-refractivity contribution in [3.8, 4) is 17.3 Å². The molecule has 0 fully saturated rings. The van der Waals surface area contributed by atoms with Crippen LogP contribution >= 0.6 is 0 Å². The van der Waals surface area contributed by atoms with Crippen molar-refractivity contribution in [1.82, 2.24) is 9.97 Å². The Hall–Kier alpha value is -2.41. The molecule has 0 aliphatic rings. The van der Waals surface area contributed by atoms with Crippen molar-refractivity contribution >= 4 is 5.82 Å². The predicted molar refractivity (Wildman–Crippen MR) is 56.6 cm³/mol. The molecule has 0 aromatic carbocycles. The zero-order chi connectivity index (χ0) is 10.7. The Morgan fingerprint density at radius 2 is 1.87 bits per heavy atom. The lowest BCUT2D eigenvalue weighted by atomic mass is 10.1. The van der Waals surface area contributed by atoms with E-state index in [-0.39, 0.29) is 5.82 Å². The first-order valence-corrected chi connectivity index (χ1v) is 4.38. The molecule has 0 amide bonds. The molecule has 4 heteroatoms. The highest BCUT2D eigenvalue weighted by molar-refractivity contribution is 5.63. The lowest BCUT2D eigenvalue weighted by Crippen LogP contribution is -1.96. The molecule has 0 bridgehead atoms. The quantitative estimate of drug-likeness (QED) is 0.751. The molecule has 4 nitrogen and oxygen atoms in total. The third kappa shape index (κ3) is 1.76. The van der Waals surface area contributed by atoms with E-state index in [1.807, 2.05) is 18.2 Å². The number of nitrogens with two attached hydrogens (primary N) is 1. The highest BCUT2D eigenvalue weighted by atomic mass is 14.8. The fourth-order valence-electron chi connectivity index (χ4n) is 1.25. The molecule has 0 aliphatic heterocycles. The number of anilines is 1. The highest BCUT2D eigenvalue weighted by Gasteiger charge is 2.03. The van der Waals surface area contributed by atoms with E-state index in [9.17, 15) is 0 Å². The number of pyridine rings is 2. The van der Waals surface area contributed by atoms with Crippen LogP contribution in [0.5, 0.6) is 0 Å². The Morgan fingerprint density at radius 1 is 1.13 bits per heavy atom. The van der Waals surface area contributed by atoms with Gasteiger partial charge in [0.15, 0.2) is 0 Å². The summed E-state index contributed by atoms with van der Waals surface area (Å²) in [5, 5.41) is 8.70. The Morgan fingerprint density at radius 3 is 2.47 bits per heavy atom. The smallest absolute Gasteiger partial charge is 0.142 e. The first kappa shape index (κ1) is 9.16. The molecule has 2 N–H and O–H groups in total. The number of nitrogen functional groups attached to an aromatic ring is 1. The minimum Gasteiger partial charge on any atom is -0.383 e. The number of hydrogen-bond donors (Lipinski definition) is 1. The van der Waals surface area contributed by atoms with Gasteiger partial charge in [0.05, 0.1) is 11.3 Å². The van der Waals surface area contributed by atoms with Crippen LogP contribution in [0, 0.1) is 11.3 Å². The molecule has 0 unspecified atom stereocenters. The van der Waals surface area contributed by atoms with Gasteiger partial charge in [-0.25, -0.2) is 4.98 Å². The Labute approximate surface area is 87.0 Å². The minimum atomic E-state index is 0.256. The van der Waals surface area contributed by atoms with Crippen molar-refractivity contribution in [3.63, 3.8) is 0 Å². The summed E-state index contributed by atoms with van der Waals surface area (Å²) in [5.74, 6) is 0.256. The summed E-state index contributed by atoms with van der Waals surface area (Å²) < 4.78 is 0. The molecule has 15 heavy (non-hydrogen) atoms. The van der Waals surface area contributed by atoms with Crippen LogP contribution in [-0.4, -0.2) is 9.97 Å². The molecular formula is C11H8N4. The summed E-state index contributed by atoms with van der Waals surface area (Å²) in [6.07, 6.45) is 3.37. The molecule has 0 radical (unpaired) electrons. The van der Waals surface area contributed by atoms with E-state index in [0.29, 0.717) is 5.56 Å². The van der Waals surface area contributed by atoms with E-state index in [1.54, 1.807) is 24.5 Å². The number of rotatable bonds is 1. The summed E-state index contributed by atoms with van der Waals surface area (Å²) >= 11 is 0. The Kier molecular flexibility index (Phi) is 2.30. The molecule has 0 spiro atoms. The van der Waals surface area contributed by atoms with Crippen LogP contribution in [0.2, 0.25) is 0 Å². The van der Waals surface area contributed by atoms with Gasteiger partial charge in [-0.15, -0.1) is 0 Å². The average molecular weight is 196 g/mol. The van der Waals surface area contributed by atoms with Crippen molar-refractivity contribution in [2.45, 2.75) is 0 Å². The van der Waals surface area contributed by atoms with Crippen molar-refractivity contribution in [2.75, 3.05) is 5.73 Å². The lowest BCUT2D eigenvalue weighted by molar-refractivity contribution is 1.28. The maximum absolute atomic E-state index is 8.70. The van der Waals surface area contributed by atoms with E-state index in [0.717, 1.165) is 11.3 Å². The molecule has 2 aromatic rings. The zero-order valence-corrected chi connectivity index (χ0v) is 7.88. The highest BCUT2D eigenvalue weighted by Crippen LogP contribution is 2.18. The van der Waals surface area contributed by atoms with Crippen LogP contribution < -0.4 is 5.73 Å². The van der Waals surface area contributed by atoms with Gasteiger partial charge in [0.2, 0.25) is 0 Å². The number of nitriles is 1. The van der Waals surface area contributed by atoms with Gasteiger partial charge in [0.25, 0.3) is 0 Å². The maximum atomic E-state index is 8.70. The molecule has 0 atom stereocenters. The normalized spacial score (nSPS) is 9.53. The van der Waals surface area contributed by atoms with Crippen molar-refractivity contribution in [1.29, 1.82) is 5.26 Å². The van der Waals surface area contributed by atoms with Crippen LogP contribution in [0.1, 0.15) is 5.56 Å². The van der Waals surface area contributed by atoms with Crippen molar-refractivity contribution < 1.29 is 0 Å². The molecule has 72 valence electrons. The Balaban J connectivity index is 2.49. The summed E-state index contributed by atoms with van der Waals surface area (Å²) in [6.45, 7) is 0. The summed E-state index contributed by atoms with van der Waals surface area (Å²) in [5.41, 5.74) is 7.69. The second-order valence-electron chi connectivity index (χ2n) is 2.98. The fraction of sp³-hybridized carbons (Fsp3) is 0. The number of aromatic nitrogens is 2. The largest absolute Gasteiger partial charge is 0.383 e. The molecule has 2 aromatic heterocycles. The topological polar surface area (TPSA) is 75.6 Å². The second kappa shape index (κ2) is 3.76. The van der Waals surface area contributed by atoms with Crippen LogP contribution in [0.25, 0.3) is 11.3 Å². The lowest BCUT2D eigenvalue weighted by Gasteiger charge is -2.02. The first-order chi connectivity index (χ1) is 7.31. The summed E-state index contributed by atoms with van der Waals surface area (Å²) in [4.78, 5) is 8.06. The summed E-state index contributed by atoms with van der Waals surface area (Å²) in [7, 11) is 0. The van der Waals surface area contributed by atoms with E-state index in [2.05, 4.69) is 9.97 Å². The number of nitrogens with zero attached hydrogens (tertiary/aromatic N) is 3. The van der Waals surface area contributed by atoms with Gasteiger partial charge in [-0.3, -0.25) is 4.98 Å². The Bertz CT molecular complexity index is 514. The third-order valence-corrected chi connectivity index (χ3v) is 2.02. The molecule has 0 aliphatic carbocycles. The predicted octanol–water partition coefficient (Wildman–Crippen LogP) is 1.60. The van der Waals surface area contributed by atoms with E-state index >= 15 is 0 Å². The monoisotopic (exact) mass is 196 g/mol.